The molecule has 5 N–H and O–H groups in total. The van der Waals surface area contributed by atoms with Crippen LogP contribution in [0.2, 0.25) is 0 Å². The Morgan fingerprint density at radius 2 is 1.91 bits per heavy atom. The number of nitrogens with zero attached hydrogens (tertiary/aromatic N) is 2. The van der Waals surface area contributed by atoms with Crippen LogP contribution in [0.3, 0.4) is 0 Å². The lowest BCUT2D eigenvalue weighted by Gasteiger charge is -2.21. The third-order valence-corrected chi connectivity index (χ3v) is 5.66. The summed E-state index contributed by atoms with van der Waals surface area (Å²) in [4.78, 5) is 31.2. The number of pyridine rings is 1. The predicted octanol–water partition coefficient (Wildman–Crippen LogP) is 3.61. The fourth-order valence-corrected chi connectivity index (χ4v) is 3.72. The summed E-state index contributed by atoms with van der Waals surface area (Å²) in [6, 6.07) is 8.69. The number of halogens is 1. The van der Waals surface area contributed by atoms with E-state index in [9.17, 15) is 14.0 Å². The van der Waals surface area contributed by atoms with Gasteiger partial charge in [-0.15, -0.1) is 11.3 Å². The zero-order chi connectivity index (χ0) is 23.8. The Labute approximate surface area is 196 Å². The van der Waals surface area contributed by atoms with Crippen LogP contribution in [0.4, 0.5) is 20.6 Å². The molecule has 3 amide bonds. The number of anilines is 2. The van der Waals surface area contributed by atoms with Crippen LogP contribution in [0.25, 0.3) is 0 Å². The van der Waals surface area contributed by atoms with E-state index in [-0.39, 0.29) is 36.0 Å². The second-order valence-electron chi connectivity index (χ2n) is 7.77. The largest absolute Gasteiger partial charge is 0.396 e. The van der Waals surface area contributed by atoms with Gasteiger partial charge in [-0.25, -0.2) is 9.18 Å². The van der Waals surface area contributed by atoms with E-state index in [1.807, 2.05) is 19.0 Å². The van der Waals surface area contributed by atoms with Crippen molar-refractivity contribution in [2.75, 3.05) is 31.7 Å². The molecule has 0 fully saturated rings. The van der Waals surface area contributed by atoms with E-state index < -0.39 is 0 Å². The highest BCUT2D eigenvalue weighted by molar-refractivity contribution is 7.09. The molecule has 1 atom stereocenters. The molecule has 0 radical (unpaired) electrons. The van der Waals surface area contributed by atoms with Gasteiger partial charge < -0.3 is 26.6 Å². The smallest absolute Gasteiger partial charge is 0.315 e. The van der Waals surface area contributed by atoms with Gasteiger partial charge in [-0.3, -0.25) is 9.78 Å². The minimum Gasteiger partial charge on any atom is -0.396 e. The van der Waals surface area contributed by atoms with Gasteiger partial charge >= 0.3 is 6.03 Å². The van der Waals surface area contributed by atoms with Crippen molar-refractivity contribution in [2.24, 2.45) is 0 Å². The number of aromatic nitrogens is 1. The van der Waals surface area contributed by atoms with Crippen LogP contribution in [0.5, 0.6) is 0 Å². The van der Waals surface area contributed by atoms with Gasteiger partial charge in [-0.1, -0.05) is 18.2 Å². The molecule has 0 aliphatic rings. The third-order valence-electron chi connectivity index (χ3n) is 4.90. The summed E-state index contributed by atoms with van der Waals surface area (Å²) in [6.07, 6.45) is 2.24. The number of hydrogen-bond donors (Lipinski definition) is 4. The Kier molecular flexibility index (Phi) is 8.34. The molecule has 10 heteroatoms. The SMILES string of the molecule is CN(C)CCC(NC(=O)NCc1ccc(F)cc1)c1ccc(C(=O)Nc2cscc2N)nc1. The first-order valence-corrected chi connectivity index (χ1v) is 11.3. The van der Waals surface area contributed by atoms with Crippen LogP contribution < -0.4 is 21.7 Å². The van der Waals surface area contributed by atoms with Gasteiger partial charge in [0.1, 0.15) is 11.5 Å². The van der Waals surface area contributed by atoms with Crippen molar-refractivity contribution >= 4 is 34.6 Å². The number of nitrogens with two attached hydrogens (primary N) is 1. The van der Waals surface area contributed by atoms with Crippen molar-refractivity contribution in [1.82, 2.24) is 20.5 Å². The van der Waals surface area contributed by atoms with Crippen LogP contribution in [0, 0.1) is 5.82 Å². The molecule has 0 aliphatic heterocycles. The summed E-state index contributed by atoms with van der Waals surface area (Å²) in [6.45, 7) is 1.01. The quantitative estimate of drug-likeness (QED) is 0.382. The van der Waals surface area contributed by atoms with Gasteiger partial charge in [-0.05, 0) is 56.4 Å². The molecular formula is C23H27FN6O2S. The minimum atomic E-state index is -0.360. The molecule has 3 aromatic rings. The lowest BCUT2D eigenvalue weighted by atomic mass is 10.1. The number of nitrogens with one attached hydrogen (secondary N) is 3. The molecule has 1 unspecified atom stereocenters. The van der Waals surface area contributed by atoms with Crippen LogP contribution in [0.15, 0.2) is 53.4 Å². The van der Waals surface area contributed by atoms with E-state index in [1.165, 1.54) is 23.5 Å². The number of thiophene rings is 1. The van der Waals surface area contributed by atoms with E-state index in [1.54, 1.807) is 41.2 Å². The number of carbonyl (C=O) groups excluding carboxylic acids is 2. The zero-order valence-electron chi connectivity index (χ0n) is 18.5. The first-order chi connectivity index (χ1) is 15.8. The first-order valence-electron chi connectivity index (χ1n) is 10.3. The number of nitrogen functional groups attached to an aromatic ring is 1. The van der Waals surface area contributed by atoms with Gasteiger partial charge in [0.05, 0.1) is 17.4 Å². The number of rotatable bonds is 9. The van der Waals surface area contributed by atoms with Crippen LogP contribution >= 0.6 is 11.3 Å². The zero-order valence-corrected chi connectivity index (χ0v) is 19.3. The Bertz CT molecular complexity index is 1070. The molecule has 8 nitrogen and oxygen atoms in total. The molecule has 1 aromatic carbocycles. The number of benzene rings is 1. The maximum atomic E-state index is 13.0. The molecule has 0 spiro atoms. The lowest BCUT2D eigenvalue weighted by molar-refractivity contribution is 0.102. The molecule has 2 aromatic heterocycles. The summed E-state index contributed by atoms with van der Waals surface area (Å²) < 4.78 is 13.0. The van der Waals surface area contributed by atoms with Gasteiger partial charge in [-0.2, -0.15) is 0 Å². The Balaban J connectivity index is 1.63. The molecule has 0 saturated heterocycles. The number of carbonyl (C=O) groups is 2. The summed E-state index contributed by atoms with van der Waals surface area (Å²) in [5.74, 6) is -0.683. The highest BCUT2D eigenvalue weighted by Gasteiger charge is 2.17. The van der Waals surface area contributed by atoms with Crippen molar-refractivity contribution in [1.29, 1.82) is 0 Å². The number of urea groups is 1. The fraction of sp³-hybridized carbons (Fsp3) is 0.261. The van der Waals surface area contributed by atoms with Gasteiger partial charge in [0.2, 0.25) is 0 Å². The van der Waals surface area contributed by atoms with Crippen LogP contribution in [-0.4, -0.2) is 42.5 Å². The third kappa shape index (κ3) is 7.26. The maximum Gasteiger partial charge on any atom is 0.315 e. The first kappa shape index (κ1) is 24.1. The van der Waals surface area contributed by atoms with Crippen molar-refractivity contribution in [3.63, 3.8) is 0 Å². The fourth-order valence-electron chi connectivity index (χ4n) is 3.04. The number of amides is 3. The maximum absolute atomic E-state index is 13.0. The Morgan fingerprint density at radius 1 is 1.15 bits per heavy atom. The van der Waals surface area contributed by atoms with Crippen molar-refractivity contribution < 1.29 is 14.0 Å². The summed E-state index contributed by atoms with van der Waals surface area (Å²) in [5.41, 5.74) is 8.69. The average Bonchev–Trinajstić information content (AvgIpc) is 3.20. The van der Waals surface area contributed by atoms with E-state index in [0.29, 0.717) is 17.8 Å². The highest BCUT2D eigenvalue weighted by Crippen LogP contribution is 2.23. The van der Waals surface area contributed by atoms with Crippen molar-refractivity contribution in [3.05, 3.63) is 76.0 Å². The average molecular weight is 471 g/mol. The van der Waals surface area contributed by atoms with Crippen LogP contribution in [0.1, 0.15) is 34.1 Å². The molecule has 33 heavy (non-hydrogen) atoms. The Morgan fingerprint density at radius 3 is 2.52 bits per heavy atom. The standard InChI is InChI=1S/C23H27FN6O2S/c1-30(2)10-9-19(29-23(32)27-11-15-3-6-17(24)7-4-15)16-5-8-20(26-12-16)22(31)28-21-14-33-13-18(21)25/h3-8,12-14,19H,9-11,25H2,1-2H3,(H,28,31)(H2,27,29,32). The monoisotopic (exact) mass is 470 g/mol. The molecule has 174 valence electrons. The van der Waals surface area contributed by atoms with Crippen LogP contribution in [-0.2, 0) is 6.54 Å². The minimum absolute atomic E-state index is 0.247. The van der Waals surface area contributed by atoms with Crippen molar-refractivity contribution in [3.8, 4) is 0 Å². The normalized spacial score (nSPS) is 11.8. The summed E-state index contributed by atoms with van der Waals surface area (Å²) in [5, 5.41) is 12.0. The highest BCUT2D eigenvalue weighted by atomic mass is 32.1. The lowest BCUT2D eigenvalue weighted by Crippen LogP contribution is -2.38. The van der Waals surface area contributed by atoms with E-state index in [4.69, 9.17) is 5.73 Å². The predicted molar refractivity (Wildman–Crippen MR) is 129 cm³/mol. The van der Waals surface area contributed by atoms with Gasteiger partial charge in [0.15, 0.2) is 0 Å². The topological polar surface area (TPSA) is 112 Å². The van der Waals surface area contributed by atoms with E-state index in [0.717, 1.165) is 17.7 Å². The molecule has 0 saturated carbocycles. The second kappa shape index (κ2) is 11.4. The number of hydrogen-bond acceptors (Lipinski definition) is 6. The van der Waals surface area contributed by atoms with Gasteiger partial charge in [0.25, 0.3) is 5.91 Å². The van der Waals surface area contributed by atoms with Gasteiger partial charge in [0, 0.05) is 23.5 Å². The second-order valence-corrected chi connectivity index (χ2v) is 8.51. The summed E-state index contributed by atoms with van der Waals surface area (Å²) >= 11 is 1.40. The van der Waals surface area contributed by atoms with E-state index in [2.05, 4.69) is 20.9 Å². The molecule has 2 heterocycles. The molecule has 0 bridgehead atoms. The molecular weight excluding hydrogens is 443 g/mol. The molecule has 0 aliphatic carbocycles. The Hall–Kier alpha value is -3.50. The molecule has 3 rings (SSSR count). The van der Waals surface area contributed by atoms with Crippen molar-refractivity contribution in [2.45, 2.75) is 19.0 Å². The summed E-state index contributed by atoms with van der Waals surface area (Å²) in [7, 11) is 3.90. The van der Waals surface area contributed by atoms with E-state index >= 15 is 0 Å².